The van der Waals surface area contributed by atoms with E-state index >= 15 is 0 Å². The molecule has 0 radical (unpaired) electrons. The molecular weight excluding hydrogens is 322 g/mol. The molecule has 5 nitrogen and oxygen atoms in total. The lowest BCUT2D eigenvalue weighted by atomic mass is 10.2. The molecule has 3 N–H and O–H groups in total. The number of nitrogens with one attached hydrogen (secondary N) is 3. The Bertz CT molecular complexity index is 617. The summed E-state index contributed by atoms with van der Waals surface area (Å²) in [6, 6.07) is 15.3. The molecule has 0 bridgehead atoms. The number of carbonyl (C=O) groups is 2. The Labute approximate surface area is 124 Å². The summed E-state index contributed by atoms with van der Waals surface area (Å²) in [5, 5.41) is 2.59. The lowest BCUT2D eigenvalue weighted by molar-refractivity contribution is 0.0938. The van der Waals surface area contributed by atoms with Crippen molar-refractivity contribution in [3.05, 3.63) is 64.6 Å². The van der Waals surface area contributed by atoms with E-state index in [2.05, 4.69) is 32.1 Å². The fraction of sp³-hybridized carbons (Fsp3) is 0. The molecule has 0 saturated carbocycles. The average Bonchev–Trinajstić information content (AvgIpc) is 2.46. The first kappa shape index (κ1) is 14.1. The number of para-hydroxylation sites is 1. The van der Waals surface area contributed by atoms with Gasteiger partial charge in [0.05, 0.1) is 0 Å². The van der Waals surface area contributed by atoms with Crippen molar-refractivity contribution >= 4 is 33.6 Å². The number of hydrazine groups is 1. The van der Waals surface area contributed by atoms with Crippen LogP contribution in [0.2, 0.25) is 0 Å². The molecule has 2 rings (SSSR count). The molecule has 2 aromatic rings. The van der Waals surface area contributed by atoms with Crippen LogP contribution in [0.4, 0.5) is 10.5 Å². The third kappa shape index (κ3) is 4.10. The van der Waals surface area contributed by atoms with E-state index in [1.165, 1.54) is 0 Å². The highest BCUT2D eigenvalue weighted by atomic mass is 79.9. The zero-order valence-electron chi connectivity index (χ0n) is 10.4. The highest BCUT2D eigenvalue weighted by Crippen LogP contribution is 2.11. The molecule has 0 aliphatic rings. The van der Waals surface area contributed by atoms with Crippen molar-refractivity contribution in [2.45, 2.75) is 0 Å². The average molecular weight is 334 g/mol. The monoisotopic (exact) mass is 333 g/mol. The summed E-state index contributed by atoms with van der Waals surface area (Å²) in [4.78, 5) is 23.3. The first-order valence-corrected chi connectivity index (χ1v) is 6.62. The van der Waals surface area contributed by atoms with E-state index in [1.807, 2.05) is 12.1 Å². The van der Waals surface area contributed by atoms with Crippen molar-refractivity contribution in [3.8, 4) is 0 Å². The van der Waals surface area contributed by atoms with Gasteiger partial charge in [-0.3, -0.25) is 10.2 Å². The van der Waals surface area contributed by atoms with Gasteiger partial charge in [-0.05, 0) is 30.3 Å². The second-order valence-electron chi connectivity index (χ2n) is 3.91. The highest BCUT2D eigenvalue weighted by molar-refractivity contribution is 9.10. The number of halogens is 1. The SMILES string of the molecule is O=C(NNC(=O)c1cccc(Br)c1)Nc1ccccc1. The third-order valence-electron chi connectivity index (χ3n) is 2.41. The minimum absolute atomic E-state index is 0.394. The van der Waals surface area contributed by atoms with Crippen molar-refractivity contribution in [3.63, 3.8) is 0 Å². The molecular formula is C14H12BrN3O2. The second kappa shape index (κ2) is 6.72. The molecule has 0 atom stereocenters. The second-order valence-corrected chi connectivity index (χ2v) is 4.83. The molecule has 0 heterocycles. The van der Waals surface area contributed by atoms with E-state index in [4.69, 9.17) is 0 Å². The standard InChI is InChI=1S/C14H12BrN3O2/c15-11-6-4-5-10(9-11)13(19)17-18-14(20)16-12-7-2-1-3-8-12/h1-9H,(H,17,19)(H2,16,18,20). The molecule has 2 aromatic carbocycles. The molecule has 0 spiro atoms. The summed E-state index contributed by atoms with van der Waals surface area (Å²) in [6.07, 6.45) is 0. The summed E-state index contributed by atoms with van der Waals surface area (Å²) in [5.74, 6) is -0.394. The van der Waals surface area contributed by atoms with Gasteiger partial charge in [-0.15, -0.1) is 0 Å². The van der Waals surface area contributed by atoms with Gasteiger partial charge in [-0.2, -0.15) is 0 Å². The molecule has 6 heteroatoms. The molecule has 0 aliphatic carbocycles. The maximum absolute atomic E-state index is 11.8. The first-order chi connectivity index (χ1) is 9.65. The minimum atomic E-state index is -0.514. The predicted octanol–water partition coefficient (Wildman–Crippen LogP) is 2.92. The van der Waals surface area contributed by atoms with Gasteiger partial charge in [0.1, 0.15) is 0 Å². The van der Waals surface area contributed by atoms with Gasteiger partial charge in [-0.1, -0.05) is 40.2 Å². The Balaban J connectivity index is 1.86. The van der Waals surface area contributed by atoms with E-state index in [0.29, 0.717) is 11.3 Å². The summed E-state index contributed by atoms with van der Waals surface area (Å²) in [6.45, 7) is 0. The predicted molar refractivity (Wildman–Crippen MR) is 80.2 cm³/mol. The fourth-order valence-electron chi connectivity index (χ4n) is 1.50. The van der Waals surface area contributed by atoms with Crippen LogP contribution in [0.3, 0.4) is 0 Å². The van der Waals surface area contributed by atoms with Crippen LogP contribution >= 0.6 is 15.9 Å². The van der Waals surface area contributed by atoms with Crippen LogP contribution in [0.15, 0.2) is 59.1 Å². The third-order valence-corrected chi connectivity index (χ3v) is 2.90. The molecule has 20 heavy (non-hydrogen) atoms. The number of rotatable bonds is 2. The Hall–Kier alpha value is -2.34. The van der Waals surface area contributed by atoms with E-state index in [1.54, 1.807) is 42.5 Å². The molecule has 0 saturated heterocycles. The minimum Gasteiger partial charge on any atom is -0.307 e. The maximum atomic E-state index is 11.8. The fourth-order valence-corrected chi connectivity index (χ4v) is 1.90. The van der Waals surface area contributed by atoms with Gasteiger partial charge in [0.25, 0.3) is 5.91 Å². The first-order valence-electron chi connectivity index (χ1n) is 5.83. The number of anilines is 1. The number of benzene rings is 2. The van der Waals surface area contributed by atoms with E-state index < -0.39 is 11.9 Å². The number of hydrogen-bond donors (Lipinski definition) is 3. The van der Waals surface area contributed by atoms with E-state index in [-0.39, 0.29) is 0 Å². The van der Waals surface area contributed by atoms with Crippen molar-refractivity contribution in [2.24, 2.45) is 0 Å². The van der Waals surface area contributed by atoms with Gasteiger partial charge in [0.15, 0.2) is 0 Å². The van der Waals surface area contributed by atoms with Crippen LogP contribution in [0, 0.1) is 0 Å². The van der Waals surface area contributed by atoms with Crippen LogP contribution in [0.25, 0.3) is 0 Å². The summed E-state index contributed by atoms with van der Waals surface area (Å²) < 4.78 is 0.791. The van der Waals surface area contributed by atoms with Crippen LogP contribution in [-0.2, 0) is 0 Å². The molecule has 3 amide bonds. The Morgan fingerprint density at radius 2 is 1.65 bits per heavy atom. The van der Waals surface area contributed by atoms with Crippen LogP contribution in [0.5, 0.6) is 0 Å². The van der Waals surface area contributed by atoms with Crippen molar-refractivity contribution in [2.75, 3.05) is 5.32 Å². The number of hydrogen-bond acceptors (Lipinski definition) is 2. The van der Waals surface area contributed by atoms with Crippen molar-refractivity contribution in [1.82, 2.24) is 10.9 Å². The molecule has 102 valence electrons. The lowest BCUT2D eigenvalue weighted by Crippen LogP contribution is -2.43. The summed E-state index contributed by atoms with van der Waals surface area (Å²) in [5.41, 5.74) is 5.69. The molecule has 0 aromatic heterocycles. The number of carbonyl (C=O) groups excluding carboxylic acids is 2. The van der Waals surface area contributed by atoms with Gasteiger partial charge in [0, 0.05) is 15.7 Å². The smallest absolute Gasteiger partial charge is 0.307 e. The van der Waals surface area contributed by atoms with Crippen molar-refractivity contribution < 1.29 is 9.59 Å². The normalized spacial score (nSPS) is 9.65. The summed E-state index contributed by atoms with van der Waals surface area (Å²) >= 11 is 3.28. The van der Waals surface area contributed by atoms with Crippen LogP contribution in [0.1, 0.15) is 10.4 Å². The molecule has 0 aliphatic heterocycles. The van der Waals surface area contributed by atoms with Crippen LogP contribution < -0.4 is 16.2 Å². The van der Waals surface area contributed by atoms with Gasteiger partial charge < -0.3 is 5.32 Å². The molecule has 0 unspecified atom stereocenters. The zero-order valence-corrected chi connectivity index (χ0v) is 12.0. The van der Waals surface area contributed by atoms with Gasteiger partial charge in [0.2, 0.25) is 0 Å². The van der Waals surface area contributed by atoms with Gasteiger partial charge >= 0.3 is 6.03 Å². The zero-order chi connectivity index (χ0) is 14.4. The Kier molecular flexibility index (Phi) is 4.73. The maximum Gasteiger partial charge on any atom is 0.337 e. The number of urea groups is 1. The summed E-state index contributed by atoms with van der Waals surface area (Å²) in [7, 11) is 0. The van der Waals surface area contributed by atoms with E-state index in [9.17, 15) is 9.59 Å². The Morgan fingerprint density at radius 3 is 2.35 bits per heavy atom. The highest BCUT2D eigenvalue weighted by Gasteiger charge is 2.07. The van der Waals surface area contributed by atoms with Gasteiger partial charge in [-0.25, -0.2) is 10.2 Å². The topological polar surface area (TPSA) is 70.2 Å². The lowest BCUT2D eigenvalue weighted by Gasteiger charge is -2.09. The molecule has 0 fully saturated rings. The quantitative estimate of drug-likeness (QED) is 0.739. The van der Waals surface area contributed by atoms with Crippen molar-refractivity contribution in [1.29, 1.82) is 0 Å². The van der Waals surface area contributed by atoms with E-state index in [0.717, 1.165) is 4.47 Å². The van der Waals surface area contributed by atoms with Crippen LogP contribution in [-0.4, -0.2) is 11.9 Å². The largest absolute Gasteiger partial charge is 0.337 e. The Morgan fingerprint density at radius 1 is 0.900 bits per heavy atom. The number of amides is 3.